The molecule has 18 heavy (non-hydrogen) atoms. The molecule has 0 bridgehead atoms. The van der Waals surface area contributed by atoms with Crippen LogP contribution < -0.4 is 5.32 Å². The van der Waals surface area contributed by atoms with Gasteiger partial charge in [0.15, 0.2) is 5.65 Å². The lowest BCUT2D eigenvalue weighted by Gasteiger charge is -2.08. The number of fused-ring (bicyclic) bond motifs is 1. The Labute approximate surface area is 103 Å². The lowest BCUT2D eigenvalue weighted by molar-refractivity contribution is 0.878. The summed E-state index contributed by atoms with van der Waals surface area (Å²) >= 11 is 0. The molecule has 0 aliphatic carbocycles. The van der Waals surface area contributed by atoms with Gasteiger partial charge in [-0.1, -0.05) is 0 Å². The van der Waals surface area contributed by atoms with Crippen molar-refractivity contribution < 1.29 is 0 Å². The summed E-state index contributed by atoms with van der Waals surface area (Å²) in [4.78, 5) is 8.26. The Balaban J connectivity index is 1.75. The first kappa shape index (κ1) is 10.7. The number of aryl methyl sites for hydroxylation is 1. The Morgan fingerprint density at radius 1 is 1.28 bits per heavy atom. The van der Waals surface area contributed by atoms with Crippen LogP contribution in [0.3, 0.4) is 0 Å². The van der Waals surface area contributed by atoms with Crippen LogP contribution in [0.2, 0.25) is 0 Å². The molecule has 0 atom stereocenters. The molecule has 3 aromatic rings. The van der Waals surface area contributed by atoms with Crippen LogP contribution in [0.15, 0.2) is 24.8 Å². The Hall–Kier alpha value is -2.44. The van der Waals surface area contributed by atoms with Crippen molar-refractivity contribution in [2.75, 3.05) is 11.9 Å². The molecule has 0 fully saturated rings. The molecule has 2 N–H and O–H groups in total. The summed E-state index contributed by atoms with van der Waals surface area (Å²) in [7, 11) is 0. The summed E-state index contributed by atoms with van der Waals surface area (Å²) < 4.78 is 1.79. The third-order valence-electron chi connectivity index (χ3n) is 2.66. The molecule has 0 saturated carbocycles. The van der Waals surface area contributed by atoms with Gasteiger partial charge in [-0.25, -0.2) is 9.97 Å². The Kier molecular flexibility index (Phi) is 2.64. The zero-order chi connectivity index (χ0) is 12.4. The summed E-state index contributed by atoms with van der Waals surface area (Å²) in [6, 6.07) is 4.04. The molecule has 7 nitrogen and oxygen atoms in total. The van der Waals surface area contributed by atoms with Crippen molar-refractivity contribution in [2.24, 2.45) is 0 Å². The van der Waals surface area contributed by atoms with E-state index in [1.54, 1.807) is 10.8 Å². The molecule has 7 heteroatoms. The molecule has 92 valence electrons. The second kappa shape index (κ2) is 4.44. The highest BCUT2D eigenvalue weighted by molar-refractivity contribution is 5.51. The van der Waals surface area contributed by atoms with Crippen LogP contribution in [0, 0.1) is 6.92 Å². The van der Waals surface area contributed by atoms with Crippen LogP contribution in [0.4, 0.5) is 5.82 Å². The van der Waals surface area contributed by atoms with Gasteiger partial charge in [-0.15, -0.1) is 0 Å². The number of nitrogens with zero attached hydrogens (tertiary/aromatic N) is 5. The van der Waals surface area contributed by atoms with Crippen LogP contribution in [-0.2, 0) is 6.42 Å². The van der Waals surface area contributed by atoms with Gasteiger partial charge in [0.25, 0.3) is 0 Å². The van der Waals surface area contributed by atoms with E-state index in [-0.39, 0.29) is 0 Å². The third kappa shape index (κ3) is 2.02. The highest BCUT2D eigenvalue weighted by Crippen LogP contribution is 2.12. The van der Waals surface area contributed by atoms with E-state index in [0.29, 0.717) is 0 Å². The molecule has 3 heterocycles. The van der Waals surface area contributed by atoms with Gasteiger partial charge in [0.1, 0.15) is 24.3 Å². The maximum absolute atomic E-state index is 4.18. The molecule has 0 spiro atoms. The summed E-state index contributed by atoms with van der Waals surface area (Å²) in [5.41, 5.74) is 2.00. The summed E-state index contributed by atoms with van der Waals surface area (Å²) in [6.07, 6.45) is 3.85. The summed E-state index contributed by atoms with van der Waals surface area (Å²) in [6.45, 7) is 2.80. The first-order chi connectivity index (χ1) is 8.83. The van der Waals surface area contributed by atoms with Crippen molar-refractivity contribution in [2.45, 2.75) is 13.3 Å². The number of aromatic amines is 1. The van der Waals surface area contributed by atoms with Crippen molar-refractivity contribution in [3.63, 3.8) is 0 Å². The van der Waals surface area contributed by atoms with Crippen LogP contribution in [0.5, 0.6) is 0 Å². The van der Waals surface area contributed by atoms with E-state index in [0.717, 1.165) is 35.8 Å². The third-order valence-corrected chi connectivity index (χ3v) is 2.66. The number of nitrogens with one attached hydrogen (secondary N) is 2. The number of aromatic nitrogens is 6. The minimum Gasteiger partial charge on any atom is -0.369 e. The minimum atomic E-state index is 0.758. The second-order valence-electron chi connectivity index (χ2n) is 4.06. The van der Waals surface area contributed by atoms with E-state index in [1.165, 1.54) is 6.33 Å². The van der Waals surface area contributed by atoms with Gasteiger partial charge < -0.3 is 5.32 Å². The summed E-state index contributed by atoms with van der Waals surface area (Å²) in [5.74, 6) is 1.80. The second-order valence-corrected chi connectivity index (χ2v) is 4.06. The molecule has 3 aromatic heterocycles. The summed E-state index contributed by atoms with van der Waals surface area (Å²) in [5, 5.41) is 14.2. The standard InChI is InChI=1S/C11H13N7/c1-8-4-10(18-11(5-8)14-7-16-18)12-3-2-9-13-6-15-17-9/h4-7,12H,2-3H2,1H3,(H,13,15,17). The van der Waals surface area contributed by atoms with Gasteiger partial charge in [-0.3, -0.25) is 5.10 Å². The molecule has 0 radical (unpaired) electrons. The monoisotopic (exact) mass is 243 g/mol. The van der Waals surface area contributed by atoms with Crippen molar-refractivity contribution in [3.8, 4) is 0 Å². The fraction of sp³-hybridized carbons (Fsp3) is 0.273. The van der Waals surface area contributed by atoms with Crippen molar-refractivity contribution in [1.82, 2.24) is 29.8 Å². The minimum absolute atomic E-state index is 0.758. The largest absolute Gasteiger partial charge is 0.369 e. The Morgan fingerprint density at radius 3 is 3.06 bits per heavy atom. The Bertz CT molecular complexity index is 641. The molecule has 0 aliphatic rings. The highest BCUT2D eigenvalue weighted by atomic mass is 15.3. The van der Waals surface area contributed by atoms with Crippen molar-refractivity contribution in [1.29, 1.82) is 0 Å². The highest BCUT2D eigenvalue weighted by Gasteiger charge is 2.03. The molecular weight excluding hydrogens is 230 g/mol. The maximum Gasteiger partial charge on any atom is 0.157 e. The molecule has 3 rings (SSSR count). The van der Waals surface area contributed by atoms with Crippen LogP contribution >= 0.6 is 0 Å². The number of rotatable bonds is 4. The molecule has 0 saturated heterocycles. The predicted molar refractivity (Wildman–Crippen MR) is 66.3 cm³/mol. The normalized spacial score (nSPS) is 10.9. The average Bonchev–Trinajstić information content (AvgIpc) is 2.98. The number of hydrogen-bond acceptors (Lipinski definition) is 5. The SMILES string of the molecule is Cc1cc(NCCc2ncn[nH]2)n2ncnc2c1. The van der Waals surface area contributed by atoms with E-state index in [4.69, 9.17) is 0 Å². The van der Waals surface area contributed by atoms with Crippen molar-refractivity contribution in [3.05, 3.63) is 36.2 Å². The van der Waals surface area contributed by atoms with Gasteiger partial charge >= 0.3 is 0 Å². The topological polar surface area (TPSA) is 83.8 Å². The van der Waals surface area contributed by atoms with E-state index in [2.05, 4.69) is 30.6 Å². The first-order valence-electron chi connectivity index (χ1n) is 5.71. The van der Waals surface area contributed by atoms with Crippen LogP contribution in [-0.4, -0.2) is 36.3 Å². The van der Waals surface area contributed by atoms with E-state index < -0.39 is 0 Å². The van der Waals surface area contributed by atoms with Gasteiger partial charge in [0.05, 0.1) is 0 Å². The number of hydrogen-bond donors (Lipinski definition) is 2. The van der Waals surface area contributed by atoms with Crippen molar-refractivity contribution >= 4 is 11.5 Å². The number of pyridine rings is 1. The van der Waals surface area contributed by atoms with Crippen LogP contribution in [0.25, 0.3) is 5.65 Å². The fourth-order valence-corrected chi connectivity index (χ4v) is 1.84. The molecular formula is C11H13N7. The molecule has 0 aromatic carbocycles. The quantitative estimate of drug-likeness (QED) is 0.708. The maximum atomic E-state index is 4.18. The van der Waals surface area contributed by atoms with Gasteiger partial charge in [-0.05, 0) is 24.6 Å². The Morgan fingerprint density at radius 2 is 2.22 bits per heavy atom. The van der Waals surface area contributed by atoms with Gasteiger partial charge in [0, 0.05) is 13.0 Å². The van der Waals surface area contributed by atoms with Gasteiger partial charge in [-0.2, -0.15) is 14.7 Å². The average molecular weight is 243 g/mol. The van der Waals surface area contributed by atoms with E-state index in [9.17, 15) is 0 Å². The molecule has 0 unspecified atom stereocenters. The smallest absolute Gasteiger partial charge is 0.157 e. The van der Waals surface area contributed by atoms with Gasteiger partial charge in [0.2, 0.25) is 0 Å². The predicted octanol–water partition coefficient (Wildman–Crippen LogP) is 0.810. The zero-order valence-electron chi connectivity index (χ0n) is 9.96. The lowest BCUT2D eigenvalue weighted by Crippen LogP contribution is -2.10. The van der Waals surface area contributed by atoms with E-state index in [1.807, 2.05) is 19.1 Å². The first-order valence-corrected chi connectivity index (χ1v) is 5.71. The lowest BCUT2D eigenvalue weighted by atomic mass is 10.3. The van der Waals surface area contributed by atoms with Crippen LogP contribution in [0.1, 0.15) is 11.4 Å². The zero-order valence-corrected chi connectivity index (χ0v) is 9.96. The number of H-pyrrole nitrogens is 1. The molecule has 0 amide bonds. The molecule has 0 aliphatic heterocycles. The van der Waals surface area contributed by atoms with E-state index >= 15 is 0 Å². The fourth-order valence-electron chi connectivity index (χ4n) is 1.84. The number of anilines is 1.